The third kappa shape index (κ3) is 4.62. The van der Waals surface area contributed by atoms with Crippen molar-refractivity contribution < 1.29 is 22.8 Å². The number of benzene rings is 1. The number of aromatic nitrogens is 1. The number of halogens is 3. The molecule has 2 heterocycles. The molecule has 0 saturated carbocycles. The minimum Gasteiger partial charge on any atom is -0.294 e. The zero-order valence-electron chi connectivity index (χ0n) is 19.4. The molecule has 1 aromatic carbocycles. The second kappa shape index (κ2) is 8.42. The molecular weight excluding hydrogens is 443 g/mol. The molecule has 1 aliphatic carbocycles. The van der Waals surface area contributed by atoms with Crippen LogP contribution in [-0.2, 0) is 11.0 Å². The van der Waals surface area contributed by atoms with Crippen molar-refractivity contribution in [3.05, 3.63) is 82.3 Å². The number of urea groups is 1. The van der Waals surface area contributed by atoms with Crippen LogP contribution in [-0.4, -0.2) is 21.7 Å². The van der Waals surface area contributed by atoms with Gasteiger partial charge in [0.15, 0.2) is 5.78 Å². The first-order valence-corrected chi connectivity index (χ1v) is 10.9. The lowest BCUT2D eigenvalue weighted by molar-refractivity contribution is -0.137. The van der Waals surface area contributed by atoms with Crippen LogP contribution in [0.25, 0.3) is 0 Å². The summed E-state index contributed by atoms with van der Waals surface area (Å²) in [6.45, 7) is 7.41. The van der Waals surface area contributed by atoms with Crippen LogP contribution in [0.2, 0.25) is 0 Å². The van der Waals surface area contributed by atoms with Crippen molar-refractivity contribution in [2.45, 2.75) is 52.6 Å². The summed E-state index contributed by atoms with van der Waals surface area (Å²) < 4.78 is 40.1. The van der Waals surface area contributed by atoms with E-state index in [4.69, 9.17) is 0 Å². The average molecular weight is 468 g/mol. The van der Waals surface area contributed by atoms with Gasteiger partial charge in [-0.05, 0) is 55.0 Å². The number of allylic oxidation sites excluding steroid dienone is 4. The summed E-state index contributed by atoms with van der Waals surface area (Å²) in [6, 6.07) is 7.93. The number of nitrogens with zero attached hydrogens (tertiary/aromatic N) is 2. The molecule has 1 aliphatic heterocycles. The highest BCUT2D eigenvalue weighted by molar-refractivity contribution is 6.01. The number of rotatable bonds is 2. The van der Waals surface area contributed by atoms with Gasteiger partial charge in [-0.1, -0.05) is 38.1 Å². The predicted molar refractivity (Wildman–Crippen MR) is 121 cm³/mol. The SMILES string of the molecule is CC1=[C]C(c2cccc(C(F)(F)F)c2)C2=C(CC(C)(C)CC2=O)N1C(=O)Nc1ccc(C)cn1. The van der Waals surface area contributed by atoms with Crippen molar-refractivity contribution in [2.75, 3.05) is 5.32 Å². The molecule has 177 valence electrons. The number of ketones is 1. The summed E-state index contributed by atoms with van der Waals surface area (Å²) in [5, 5.41) is 2.75. The third-order valence-corrected chi connectivity index (χ3v) is 6.04. The van der Waals surface area contributed by atoms with Crippen LogP contribution < -0.4 is 5.32 Å². The van der Waals surface area contributed by atoms with Crippen LogP contribution in [0.5, 0.6) is 0 Å². The molecule has 8 heteroatoms. The van der Waals surface area contributed by atoms with Gasteiger partial charge in [-0.15, -0.1) is 0 Å². The number of amides is 2. The molecule has 0 spiro atoms. The van der Waals surface area contributed by atoms with E-state index < -0.39 is 29.1 Å². The number of hydrogen-bond acceptors (Lipinski definition) is 3. The number of Topliss-reactive ketones (excluding diaryl/α,β-unsaturated/α-hetero) is 1. The smallest absolute Gasteiger partial charge is 0.294 e. The van der Waals surface area contributed by atoms with Crippen LogP contribution >= 0.6 is 0 Å². The van der Waals surface area contributed by atoms with Gasteiger partial charge in [0.25, 0.3) is 0 Å². The van der Waals surface area contributed by atoms with E-state index >= 15 is 0 Å². The molecular formula is C26H25F3N3O2. The molecule has 1 aromatic heterocycles. The predicted octanol–water partition coefficient (Wildman–Crippen LogP) is 6.39. The standard InChI is InChI=1S/C26H25F3N3O2/c1-15-8-9-22(30-14-15)31-24(34)32-16(2)10-19(17-6-5-7-18(11-17)26(27,28)29)23-20(32)12-25(3,4)13-21(23)33/h5-9,11,14,19H,12-13H2,1-4H3,(H,30,31,34). The summed E-state index contributed by atoms with van der Waals surface area (Å²) >= 11 is 0. The van der Waals surface area contributed by atoms with Crippen molar-refractivity contribution in [1.29, 1.82) is 0 Å². The summed E-state index contributed by atoms with van der Waals surface area (Å²) in [5.74, 6) is -0.630. The third-order valence-electron chi connectivity index (χ3n) is 6.04. The summed E-state index contributed by atoms with van der Waals surface area (Å²) in [7, 11) is 0. The van der Waals surface area contributed by atoms with Crippen molar-refractivity contribution in [1.82, 2.24) is 9.88 Å². The topological polar surface area (TPSA) is 62.3 Å². The number of pyridine rings is 1. The van der Waals surface area contributed by atoms with Crippen LogP contribution in [0.1, 0.15) is 56.2 Å². The Bertz CT molecular complexity index is 1210. The van der Waals surface area contributed by atoms with Gasteiger partial charge in [0.1, 0.15) is 5.82 Å². The fourth-order valence-electron chi connectivity index (χ4n) is 4.50. The molecule has 1 unspecified atom stereocenters. The normalized spacial score (nSPS) is 20.1. The second-order valence-corrected chi connectivity index (χ2v) is 9.57. The van der Waals surface area contributed by atoms with E-state index in [1.54, 1.807) is 25.3 Å². The van der Waals surface area contributed by atoms with Gasteiger partial charge >= 0.3 is 12.2 Å². The lowest BCUT2D eigenvalue weighted by Gasteiger charge is -2.41. The van der Waals surface area contributed by atoms with Gasteiger partial charge < -0.3 is 0 Å². The number of anilines is 1. The monoisotopic (exact) mass is 468 g/mol. The summed E-state index contributed by atoms with van der Waals surface area (Å²) in [4.78, 5) is 32.2. The molecule has 0 fully saturated rings. The quantitative estimate of drug-likeness (QED) is 0.556. The maximum Gasteiger partial charge on any atom is 0.416 e. The first-order valence-electron chi connectivity index (χ1n) is 10.9. The fraction of sp³-hybridized carbons (Fsp3) is 0.346. The van der Waals surface area contributed by atoms with Gasteiger partial charge in [0.05, 0.1) is 5.56 Å². The van der Waals surface area contributed by atoms with E-state index in [1.807, 2.05) is 26.8 Å². The molecule has 1 atom stereocenters. The summed E-state index contributed by atoms with van der Waals surface area (Å²) in [5.41, 5.74) is 1.27. The summed E-state index contributed by atoms with van der Waals surface area (Å²) in [6.07, 6.45) is 0.876. The molecule has 1 N–H and O–H groups in total. The molecule has 34 heavy (non-hydrogen) atoms. The Morgan fingerprint density at radius 3 is 2.56 bits per heavy atom. The lowest BCUT2D eigenvalue weighted by Crippen LogP contribution is -2.42. The van der Waals surface area contributed by atoms with E-state index in [0.717, 1.165) is 17.7 Å². The van der Waals surface area contributed by atoms with Crippen LogP contribution in [0.3, 0.4) is 0 Å². The second-order valence-electron chi connectivity index (χ2n) is 9.57. The Morgan fingerprint density at radius 1 is 1.18 bits per heavy atom. The minimum absolute atomic E-state index is 0.195. The molecule has 0 bridgehead atoms. The number of carbonyl (C=O) groups is 2. The van der Waals surface area contributed by atoms with Crippen LogP contribution in [0.15, 0.2) is 59.6 Å². The van der Waals surface area contributed by atoms with Gasteiger partial charge in [0.2, 0.25) is 0 Å². The van der Waals surface area contributed by atoms with Crippen LogP contribution in [0, 0.1) is 18.4 Å². The largest absolute Gasteiger partial charge is 0.416 e. The van der Waals surface area contributed by atoms with Crippen molar-refractivity contribution in [2.24, 2.45) is 5.41 Å². The van der Waals surface area contributed by atoms with E-state index in [1.165, 1.54) is 11.0 Å². The Labute approximate surface area is 196 Å². The highest BCUT2D eigenvalue weighted by Crippen LogP contribution is 2.47. The highest BCUT2D eigenvalue weighted by atomic mass is 19.4. The van der Waals surface area contributed by atoms with Gasteiger partial charge in [0, 0.05) is 35.5 Å². The molecule has 5 nitrogen and oxygen atoms in total. The van der Waals surface area contributed by atoms with Crippen molar-refractivity contribution in [3.8, 4) is 0 Å². The minimum atomic E-state index is -4.51. The number of carbonyl (C=O) groups excluding carboxylic acids is 2. The molecule has 0 saturated heterocycles. The Hall–Kier alpha value is -3.42. The average Bonchev–Trinajstić information content (AvgIpc) is 2.73. The number of nitrogens with one attached hydrogen (secondary N) is 1. The zero-order chi connectivity index (χ0) is 24.8. The van der Waals surface area contributed by atoms with E-state index in [9.17, 15) is 22.8 Å². The van der Waals surface area contributed by atoms with E-state index in [-0.39, 0.29) is 12.2 Å². The molecule has 2 aliphatic rings. The molecule has 4 rings (SSSR count). The van der Waals surface area contributed by atoms with E-state index in [0.29, 0.717) is 34.8 Å². The lowest BCUT2D eigenvalue weighted by atomic mass is 9.70. The van der Waals surface area contributed by atoms with Crippen molar-refractivity contribution in [3.63, 3.8) is 0 Å². The molecule has 2 amide bonds. The van der Waals surface area contributed by atoms with Crippen LogP contribution in [0.4, 0.5) is 23.8 Å². The maximum atomic E-state index is 13.4. The van der Waals surface area contributed by atoms with Crippen molar-refractivity contribution >= 4 is 17.6 Å². The number of alkyl halides is 3. The zero-order valence-corrected chi connectivity index (χ0v) is 19.4. The number of aryl methyl sites for hydroxylation is 1. The molecule has 1 radical (unpaired) electrons. The maximum absolute atomic E-state index is 13.4. The number of hydrogen-bond donors (Lipinski definition) is 1. The van der Waals surface area contributed by atoms with E-state index in [2.05, 4.69) is 16.4 Å². The Morgan fingerprint density at radius 2 is 1.91 bits per heavy atom. The first kappa shape index (κ1) is 23.7. The molecule has 2 aromatic rings. The Balaban J connectivity index is 1.78. The fourth-order valence-corrected chi connectivity index (χ4v) is 4.50. The highest BCUT2D eigenvalue weighted by Gasteiger charge is 2.43. The van der Waals surface area contributed by atoms with Gasteiger partial charge in [-0.3, -0.25) is 15.0 Å². The van der Waals surface area contributed by atoms with Gasteiger partial charge in [-0.2, -0.15) is 13.2 Å². The Kier molecular flexibility index (Phi) is 5.87. The first-order chi connectivity index (χ1) is 15.9. The van der Waals surface area contributed by atoms with Gasteiger partial charge in [-0.25, -0.2) is 9.78 Å².